The third-order valence-electron chi connectivity index (χ3n) is 3.08. The van der Waals surface area contributed by atoms with Crippen molar-refractivity contribution in [3.05, 3.63) is 52.0 Å². The Balaban J connectivity index is 1.85. The number of phenolic OH excluding ortho intramolecular Hbond substituents is 1. The van der Waals surface area contributed by atoms with Crippen molar-refractivity contribution in [1.29, 1.82) is 0 Å². The highest BCUT2D eigenvalue weighted by Crippen LogP contribution is 2.32. The summed E-state index contributed by atoms with van der Waals surface area (Å²) in [4.78, 5) is 12.4. The van der Waals surface area contributed by atoms with E-state index in [1.165, 1.54) is 18.2 Å². The van der Waals surface area contributed by atoms with Gasteiger partial charge in [-0.25, -0.2) is 0 Å². The number of Topliss-reactive ketones (excluding diaryl/α,β-unsaturated/α-hetero) is 1. The normalized spacial score (nSPS) is 17.0. The van der Waals surface area contributed by atoms with Gasteiger partial charge in [-0.2, -0.15) is 0 Å². The summed E-state index contributed by atoms with van der Waals surface area (Å²) in [6.45, 7) is 0.0498. The first kappa shape index (κ1) is 14.0. The van der Waals surface area contributed by atoms with Gasteiger partial charge in [0.2, 0.25) is 5.78 Å². The first-order valence-electron chi connectivity index (χ1n) is 6.16. The third kappa shape index (κ3) is 2.77. The Bertz CT molecular complexity index is 715. The zero-order valence-corrected chi connectivity index (χ0v) is 12.2. The van der Waals surface area contributed by atoms with Crippen LogP contribution >= 0.6 is 23.2 Å². The number of rotatable bonds is 2. The molecule has 2 aromatic carbocycles. The van der Waals surface area contributed by atoms with E-state index in [0.29, 0.717) is 27.1 Å². The minimum absolute atomic E-state index is 0.0432. The molecule has 1 aliphatic rings. The first-order valence-corrected chi connectivity index (χ1v) is 6.92. The van der Waals surface area contributed by atoms with Crippen LogP contribution in [0.15, 0.2) is 36.4 Å². The number of benzene rings is 2. The fourth-order valence-corrected chi connectivity index (χ4v) is 2.51. The molecule has 1 atom stereocenters. The van der Waals surface area contributed by atoms with Crippen LogP contribution in [0.4, 0.5) is 0 Å². The molecular weight excluding hydrogens is 315 g/mol. The summed E-state index contributed by atoms with van der Waals surface area (Å²) >= 11 is 11.8. The van der Waals surface area contributed by atoms with E-state index in [1.807, 2.05) is 0 Å². The van der Waals surface area contributed by atoms with Crippen molar-refractivity contribution in [1.82, 2.24) is 0 Å². The van der Waals surface area contributed by atoms with Gasteiger partial charge in [-0.3, -0.25) is 4.79 Å². The Kier molecular flexibility index (Phi) is 3.66. The molecule has 6 heteroatoms. The number of ketones is 1. The average molecular weight is 325 g/mol. The Hall–Kier alpha value is -1.91. The summed E-state index contributed by atoms with van der Waals surface area (Å²) < 4.78 is 11.1. The van der Waals surface area contributed by atoms with Crippen molar-refractivity contribution in [2.24, 2.45) is 0 Å². The highest BCUT2D eigenvalue weighted by Gasteiger charge is 2.31. The Morgan fingerprint density at radius 2 is 2.00 bits per heavy atom. The molecule has 2 aromatic rings. The summed E-state index contributed by atoms with van der Waals surface area (Å²) in [7, 11) is 0. The number of carbonyl (C=O) groups is 1. The topological polar surface area (TPSA) is 55.8 Å². The van der Waals surface area contributed by atoms with E-state index in [2.05, 4.69) is 0 Å². The molecule has 3 rings (SSSR count). The molecule has 0 aromatic heterocycles. The summed E-state index contributed by atoms with van der Waals surface area (Å²) in [6.07, 6.45) is -0.791. The predicted molar refractivity (Wildman–Crippen MR) is 78.8 cm³/mol. The standard InChI is InChI=1S/C15H10Cl2O4/c16-8-1-4-12(11(17)5-8)21-14-7-20-13-6-9(18)2-3-10(13)15(14)19/h1-6,14,18H,7H2. The lowest BCUT2D eigenvalue weighted by molar-refractivity contribution is 0.0628. The van der Waals surface area contributed by atoms with Crippen molar-refractivity contribution < 1.29 is 19.4 Å². The van der Waals surface area contributed by atoms with E-state index in [-0.39, 0.29) is 18.1 Å². The molecule has 0 fully saturated rings. The second-order valence-electron chi connectivity index (χ2n) is 4.54. The summed E-state index contributed by atoms with van der Waals surface area (Å²) in [5, 5.41) is 10.2. The number of aromatic hydroxyl groups is 1. The molecule has 4 nitrogen and oxygen atoms in total. The number of fused-ring (bicyclic) bond motifs is 1. The van der Waals surface area contributed by atoms with Gasteiger partial charge < -0.3 is 14.6 Å². The van der Waals surface area contributed by atoms with E-state index in [9.17, 15) is 9.90 Å². The maximum atomic E-state index is 12.4. The first-order chi connectivity index (χ1) is 10.0. The van der Waals surface area contributed by atoms with Gasteiger partial charge in [0, 0.05) is 11.1 Å². The maximum Gasteiger partial charge on any atom is 0.210 e. The van der Waals surface area contributed by atoms with Gasteiger partial charge in [-0.05, 0) is 30.3 Å². The van der Waals surface area contributed by atoms with Gasteiger partial charge in [-0.1, -0.05) is 23.2 Å². The smallest absolute Gasteiger partial charge is 0.210 e. The Labute approximate surface area is 130 Å². The largest absolute Gasteiger partial charge is 0.508 e. The number of hydrogen-bond donors (Lipinski definition) is 1. The van der Waals surface area contributed by atoms with Crippen LogP contribution in [-0.4, -0.2) is 23.6 Å². The molecule has 1 aliphatic heterocycles. The van der Waals surface area contributed by atoms with Crippen LogP contribution in [0.5, 0.6) is 17.2 Å². The van der Waals surface area contributed by atoms with Crippen LogP contribution in [0.1, 0.15) is 10.4 Å². The van der Waals surface area contributed by atoms with Crippen LogP contribution in [0.25, 0.3) is 0 Å². The quantitative estimate of drug-likeness (QED) is 0.914. The van der Waals surface area contributed by atoms with Crippen molar-refractivity contribution >= 4 is 29.0 Å². The van der Waals surface area contributed by atoms with Gasteiger partial charge in [0.25, 0.3) is 0 Å². The SMILES string of the molecule is O=C1c2ccc(O)cc2OCC1Oc1ccc(Cl)cc1Cl. The number of hydrogen-bond acceptors (Lipinski definition) is 4. The van der Waals surface area contributed by atoms with E-state index in [0.717, 1.165) is 0 Å². The van der Waals surface area contributed by atoms with Crippen molar-refractivity contribution in [3.63, 3.8) is 0 Å². The molecule has 0 spiro atoms. The van der Waals surface area contributed by atoms with Crippen molar-refractivity contribution in [3.8, 4) is 17.2 Å². The second kappa shape index (κ2) is 5.47. The van der Waals surface area contributed by atoms with Gasteiger partial charge in [0.05, 0.1) is 10.6 Å². The van der Waals surface area contributed by atoms with Gasteiger partial charge in [0.15, 0.2) is 6.10 Å². The molecule has 108 valence electrons. The lowest BCUT2D eigenvalue weighted by Gasteiger charge is -2.25. The lowest BCUT2D eigenvalue weighted by Crippen LogP contribution is -2.37. The minimum atomic E-state index is -0.791. The molecule has 0 saturated heterocycles. The molecule has 0 aliphatic carbocycles. The summed E-state index contributed by atoms with van der Waals surface area (Å²) in [5.74, 6) is 0.538. The molecule has 21 heavy (non-hydrogen) atoms. The van der Waals surface area contributed by atoms with Crippen molar-refractivity contribution in [2.75, 3.05) is 6.61 Å². The van der Waals surface area contributed by atoms with Crippen LogP contribution in [-0.2, 0) is 0 Å². The highest BCUT2D eigenvalue weighted by molar-refractivity contribution is 6.35. The predicted octanol–water partition coefficient (Wildman–Crippen LogP) is 3.72. The van der Waals surface area contributed by atoms with E-state index in [1.54, 1.807) is 18.2 Å². The second-order valence-corrected chi connectivity index (χ2v) is 5.38. The van der Waals surface area contributed by atoms with Gasteiger partial charge in [0.1, 0.15) is 23.9 Å². The molecule has 1 N–H and O–H groups in total. The van der Waals surface area contributed by atoms with Crippen LogP contribution in [0, 0.1) is 0 Å². The monoisotopic (exact) mass is 324 g/mol. The van der Waals surface area contributed by atoms with Crippen LogP contribution in [0.2, 0.25) is 10.0 Å². The molecule has 0 saturated carbocycles. The maximum absolute atomic E-state index is 12.4. The fourth-order valence-electron chi connectivity index (χ4n) is 2.06. The number of halogens is 2. The zero-order chi connectivity index (χ0) is 15.0. The Morgan fingerprint density at radius 1 is 1.19 bits per heavy atom. The van der Waals surface area contributed by atoms with E-state index >= 15 is 0 Å². The minimum Gasteiger partial charge on any atom is -0.508 e. The van der Waals surface area contributed by atoms with Crippen molar-refractivity contribution in [2.45, 2.75) is 6.10 Å². The lowest BCUT2D eigenvalue weighted by atomic mass is 10.0. The number of phenols is 1. The van der Waals surface area contributed by atoms with E-state index in [4.69, 9.17) is 32.7 Å². The number of carbonyl (C=O) groups excluding carboxylic acids is 1. The molecule has 0 radical (unpaired) electrons. The highest BCUT2D eigenvalue weighted by atomic mass is 35.5. The summed E-state index contributed by atoms with van der Waals surface area (Å²) in [6, 6.07) is 9.11. The van der Waals surface area contributed by atoms with Gasteiger partial charge >= 0.3 is 0 Å². The molecule has 1 heterocycles. The molecule has 0 bridgehead atoms. The van der Waals surface area contributed by atoms with E-state index < -0.39 is 6.10 Å². The average Bonchev–Trinajstić information content (AvgIpc) is 2.44. The van der Waals surface area contributed by atoms with Gasteiger partial charge in [-0.15, -0.1) is 0 Å². The molecule has 1 unspecified atom stereocenters. The number of ether oxygens (including phenoxy) is 2. The summed E-state index contributed by atoms with van der Waals surface area (Å²) in [5.41, 5.74) is 0.370. The molecular formula is C15H10Cl2O4. The third-order valence-corrected chi connectivity index (χ3v) is 3.61. The zero-order valence-electron chi connectivity index (χ0n) is 10.7. The molecule has 0 amide bonds. The van der Waals surface area contributed by atoms with Crippen LogP contribution < -0.4 is 9.47 Å². The van der Waals surface area contributed by atoms with Crippen LogP contribution in [0.3, 0.4) is 0 Å². The fraction of sp³-hybridized carbons (Fsp3) is 0.133. The Morgan fingerprint density at radius 3 is 2.76 bits per heavy atom.